The van der Waals surface area contributed by atoms with E-state index in [0.29, 0.717) is 5.78 Å². The van der Waals surface area contributed by atoms with Gasteiger partial charge < -0.3 is 0 Å². The molecule has 0 aliphatic heterocycles. The van der Waals surface area contributed by atoms with E-state index in [1.807, 2.05) is 0 Å². The van der Waals surface area contributed by atoms with Crippen LogP contribution in [-0.2, 0) is 4.79 Å². The van der Waals surface area contributed by atoms with Crippen molar-refractivity contribution in [1.82, 2.24) is 0 Å². The molecule has 0 unspecified atom stereocenters. The summed E-state index contributed by atoms with van der Waals surface area (Å²) in [5.74, 6) is 3.47. The molecule has 0 N–H and O–H groups in total. The molecule has 2 rings (SSSR count). The molecule has 2 fully saturated rings. The zero-order valence-corrected chi connectivity index (χ0v) is 14.2. The van der Waals surface area contributed by atoms with Crippen molar-refractivity contribution in [2.75, 3.05) is 0 Å². The third-order valence-corrected chi connectivity index (χ3v) is 6.07. The summed E-state index contributed by atoms with van der Waals surface area (Å²) in [6.07, 6.45) is 20.1. The van der Waals surface area contributed by atoms with Crippen molar-refractivity contribution in [1.29, 1.82) is 0 Å². The number of ketones is 1. The molecule has 2 aliphatic carbocycles. The molecule has 0 aromatic carbocycles. The van der Waals surface area contributed by atoms with Gasteiger partial charge in [-0.05, 0) is 30.6 Å². The summed E-state index contributed by atoms with van der Waals surface area (Å²) in [7, 11) is 0. The van der Waals surface area contributed by atoms with Crippen molar-refractivity contribution in [2.45, 2.75) is 103 Å². The first-order valence-corrected chi connectivity index (χ1v) is 9.79. The van der Waals surface area contributed by atoms with Crippen molar-refractivity contribution in [3.8, 4) is 0 Å². The van der Waals surface area contributed by atoms with Crippen LogP contribution >= 0.6 is 0 Å². The number of hydrogen-bond donors (Lipinski definition) is 0. The van der Waals surface area contributed by atoms with Crippen molar-refractivity contribution in [3.05, 3.63) is 0 Å². The highest BCUT2D eigenvalue weighted by atomic mass is 16.1. The first-order chi connectivity index (χ1) is 10.3. The maximum Gasteiger partial charge on any atom is 0.132 e. The Bertz CT molecular complexity index is 278. The van der Waals surface area contributed by atoms with Crippen LogP contribution in [0.25, 0.3) is 0 Å². The second-order valence-electron chi connectivity index (χ2n) is 7.80. The van der Waals surface area contributed by atoms with Crippen LogP contribution < -0.4 is 0 Å². The molecule has 0 saturated heterocycles. The highest BCUT2D eigenvalue weighted by molar-refractivity contribution is 5.78. The Balaban J connectivity index is 1.47. The molecular formula is C20H36O. The molecule has 21 heavy (non-hydrogen) atoms. The van der Waals surface area contributed by atoms with Crippen LogP contribution in [0.5, 0.6) is 0 Å². The lowest BCUT2D eigenvalue weighted by atomic mass is 9.77. The zero-order valence-electron chi connectivity index (χ0n) is 14.2. The maximum atomic E-state index is 11.2. The number of rotatable bonds is 8. The van der Waals surface area contributed by atoms with Gasteiger partial charge in [0.15, 0.2) is 0 Å². The molecular weight excluding hydrogens is 256 g/mol. The van der Waals surface area contributed by atoms with E-state index in [1.165, 1.54) is 83.5 Å². The number of Topliss-reactive ketones (excluding diaryl/α,β-unsaturated/α-hetero) is 1. The van der Waals surface area contributed by atoms with Crippen LogP contribution in [0.4, 0.5) is 0 Å². The van der Waals surface area contributed by atoms with Gasteiger partial charge >= 0.3 is 0 Å². The highest BCUT2D eigenvalue weighted by Crippen LogP contribution is 2.35. The van der Waals surface area contributed by atoms with E-state index < -0.39 is 0 Å². The lowest BCUT2D eigenvalue weighted by Gasteiger charge is -2.28. The Morgan fingerprint density at radius 2 is 1.14 bits per heavy atom. The van der Waals surface area contributed by atoms with Crippen LogP contribution in [0.2, 0.25) is 0 Å². The molecule has 0 atom stereocenters. The van der Waals surface area contributed by atoms with Crippen LogP contribution in [0, 0.1) is 17.8 Å². The zero-order chi connectivity index (χ0) is 14.9. The van der Waals surface area contributed by atoms with E-state index in [9.17, 15) is 4.79 Å². The predicted octanol–water partition coefficient (Wildman–Crippen LogP) is 6.30. The molecule has 0 aromatic heterocycles. The first-order valence-electron chi connectivity index (χ1n) is 9.79. The van der Waals surface area contributed by atoms with Crippen molar-refractivity contribution < 1.29 is 4.79 Å². The summed E-state index contributed by atoms with van der Waals surface area (Å²) < 4.78 is 0. The van der Waals surface area contributed by atoms with Gasteiger partial charge in [-0.25, -0.2) is 0 Å². The van der Waals surface area contributed by atoms with Gasteiger partial charge in [-0.1, -0.05) is 77.6 Å². The minimum atomic E-state index is 0.506. The normalized spacial score (nSPS) is 28.0. The molecule has 0 aromatic rings. The van der Waals surface area contributed by atoms with Gasteiger partial charge in [0, 0.05) is 12.8 Å². The minimum Gasteiger partial charge on any atom is -0.300 e. The number of unbranched alkanes of at least 4 members (excludes halogenated alkanes) is 2. The van der Waals surface area contributed by atoms with Gasteiger partial charge in [0.2, 0.25) is 0 Å². The van der Waals surface area contributed by atoms with E-state index in [2.05, 4.69) is 6.92 Å². The first kappa shape index (κ1) is 17.0. The molecule has 0 heterocycles. The summed E-state index contributed by atoms with van der Waals surface area (Å²) in [6.45, 7) is 2.31. The van der Waals surface area contributed by atoms with Crippen LogP contribution in [0.1, 0.15) is 103 Å². The minimum absolute atomic E-state index is 0.506. The third kappa shape index (κ3) is 6.53. The summed E-state index contributed by atoms with van der Waals surface area (Å²) >= 11 is 0. The fourth-order valence-corrected chi connectivity index (χ4v) is 4.46. The van der Waals surface area contributed by atoms with E-state index in [-0.39, 0.29) is 0 Å². The van der Waals surface area contributed by atoms with E-state index in [4.69, 9.17) is 0 Å². The lowest BCUT2D eigenvalue weighted by Crippen LogP contribution is -2.15. The fraction of sp³-hybridized carbons (Fsp3) is 0.950. The highest BCUT2D eigenvalue weighted by Gasteiger charge is 2.21. The second-order valence-corrected chi connectivity index (χ2v) is 7.80. The summed E-state index contributed by atoms with van der Waals surface area (Å²) in [5, 5.41) is 0. The Morgan fingerprint density at radius 3 is 1.62 bits per heavy atom. The number of carbonyl (C=O) groups is 1. The SMILES string of the molecule is CCCC[C@H]1CC[C@H](CCCCC2CCC(=O)CC2)CC1. The standard InChI is InChI=1S/C20H36O/c1-2-3-6-17-9-11-18(12-10-17)7-4-5-8-19-13-15-20(21)16-14-19/h17-19H,2-16H2,1H3/t17-,18-. The molecule has 0 amide bonds. The topological polar surface area (TPSA) is 17.1 Å². The summed E-state index contributed by atoms with van der Waals surface area (Å²) in [6, 6.07) is 0. The average Bonchev–Trinajstić information content (AvgIpc) is 2.52. The Hall–Kier alpha value is -0.330. The fourth-order valence-electron chi connectivity index (χ4n) is 4.46. The number of hydrogen-bond acceptors (Lipinski definition) is 1. The Labute approximate surface area is 132 Å². The van der Waals surface area contributed by atoms with Gasteiger partial charge in [0.25, 0.3) is 0 Å². The van der Waals surface area contributed by atoms with Gasteiger partial charge in [-0.2, -0.15) is 0 Å². The Kier molecular flexibility index (Phi) is 7.82. The van der Waals surface area contributed by atoms with E-state index in [0.717, 1.165) is 30.6 Å². The van der Waals surface area contributed by atoms with Gasteiger partial charge in [-0.15, -0.1) is 0 Å². The quantitative estimate of drug-likeness (QED) is 0.479. The van der Waals surface area contributed by atoms with Gasteiger partial charge in [0.05, 0.1) is 0 Å². The largest absolute Gasteiger partial charge is 0.300 e. The van der Waals surface area contributed by atoms with E-state index >= 15 is 0 Å². The molecule has 122 valence electrons. The third-order valence-electron chi connectivity index (χ3n) is 6.07. The van der Waals surface area contributed by atoms with Crippen LogP contribution in [0.3, 0.4) is 0 Å². The van der Waals surface area contributed by atoms with E-state index in [1.54, 1.807) is 0 Å². The maximum absolute atomic E-state index is 11.2. The molecule has 2 saturated carbocycles. The smallest absolute Gasteiger partial charge is 0.132 e. The second kappa shape index (κ2) is 9.64. The average molecular weight is 293 g/mol. The molecule has 1 nitrogen and oxygen atoms in total. The monoisotopic (exact) mass is 292 g/mol. The lowest BCUT2D eigenvalue weighted by molar-refractivity contribution is -0.121. The Morgan fingerprint density at radius 1 is 0.714 bits per heavy atom. The molecule has 0 spiro atoms. The summed E-state index contributed by atoms with van der Waals surface area (Å²) in [4.78, 5) is 11.2. The molecule has 0 bridgehead atoms. The van der Waals surface area contributed by atoms with Crippen molar-refractivity contribution in [3.63, 3.8) is 0 Å². The predicted molar refractivity (Wildman–Crippen MR) is 90.4 cm³/mol. The van der Waals surface area contributed by atoms with Gasteiger partial charge in [0.1, 0.15) is 5.78 Å². The van der Waals surface area contributed by atoms with Crippen molar-refractivity contribution >= 4 is 5.78 Å². The number of carbonyl (C=O) groups excluding carboxylic acids is 1. The van der Waals surface area contributed by atoms with Crippen molar-refractivity contribution in [2.24, 2.45) is 17.8 Å². The van der Waals surface area contributed by atoms with Crippen LogP contribution in [0.15, 0.2) is 0 Å². The van der Waals surface area contributed by atoms with Gasteiger partial charge in [-0.3, -0.25) is 4.79 Å². The molecule has 2 aliphatic rings. The molecule has 0 radical (unpaired) electrons. The summed E-state index contributed by atoms with van der Waals surface area (Å²) in [5.41, 5.74) is 0. The van der Waals surface area contributed by atoms with Crippen LogP contribution in [-0.4, -0.2) is 5.78 Å². The molecule has 1 heteroatoms.